The monoisotopic (exact) mass is 367 g/mol. The fourth-order valence-electron chi connectivity index (χ4n) is 1.82. The maximum Gasteiger partial charge on any atom is 0.344 e. The molecule has 0 fully saturated rings. The first kappa shape index (κ1) is 18.1. The number of benzene rings is 2. The molecule has 126 valence electrons. The lowest BCUT2D eigenvalue weighted by molar-refractivity contribution is -0.149. The Kier molecular flexibility index (Phi) is 6.46. The van der Waals surface area contributed by atoms with E-state index in [2.05, 4.69) is 5.32 Å². The molecule has 0 saturated heterocycles. The molecule has 2 rings (SSSR count). The van der Waals surface area contributed by atoms with Crippen LogP contribution in [0.1, 0.15) is 5.56 Å². The molecule has 0 heterocycles. The number of aryl methyl sites for hydroxylation is 1. The summed E-state index contributed by atoms with van der Waals surface area (Å²) < 4.78 is 10.1. The molecule has 5 nitrogen and oxygen atoms in total. The van der Waals surface area contributed by atoms with Crippen molar-refractivity contribution in [1.29, 1.82) is 0 Å². The molecule has 2 aromatic carbocycles. The maximum absolute atomic E-state index is 11.8. The summed E-state index contributed by atoms with van der Waals surface area (Å²) in [7, 11) is 0. The highest BCUT2D eigenvalue weighted by Crippen LogP contribution is 2.27. The van der Waals surface area contributed by atoms with Crippen LogP contribution in [0.3, 0.4) is 0 Å². The van der Waals surface area contributed by atoms with Crippen LogP contribution in [-0.2, 0) is 14.3 Å². The number of carbonyl (C=O) groups is 2. The highest BCUT2D eigenvalue weighted by atomic mass is 35.5. The van der Waals surface area contributed by atoms with Gasteiger partial charge in [-0.1, -0.05) is 41.4 Å². The number of hydrogen-bond donors (Lipinski definition) is 1. The molecule has 0 aliphatic carbocycles. The first-order valence-corrected chi connectivity index (χ1v) is 7.80. The molecular weight excluding hydrogens is 353 g/mol. The molecular formula is C17H15Cl2NO4. The molecule has 1 N–H and O–H groups in total. The molecule has 0 aromatic heterocycles. The molecule has 24 heavy (non-hydrogen) atoms. The lowest BCUT2D eigenvalue weighted by Crippen LogP contribution is -2.24. The van der Waals surface area contributed by atoms with Crippen molar-refractivity contribution in [1.82, 2.24) is 0 Å². The number of halogens is 2. The fraction of sp³-hybridized carbons (Fsp3) is 0.176. The van der Waals surface area contributed by atoms with Gasteiger partial charge in [-0.2, -0.15) is 0 Å². The minimum absolute atomic E-state index is 0.285. The van der Waals surface area contributed by atoms with Crippen molar-refractivity contribution >= 4 is 40.8 Å². The Balaban J connectivity index is 1.76. The van der Waals surface area contributed by atoms with Gasteiger partial charge in [0, 0.05) is 10.7 Å². The highest BCUT2D eigenvalue weighted by molar-refractivity contribution is 6.35. The Morgan fingerprint density at radius 2 is 1.83 bits per heavy atom. The van der Waals surface area contributed by atoms with Crippen molar-refractivity contribution in [3.05, 3.63) is 58.1 Å². The summed E-state index contributed by atoms with van der Waals surface area (Å²) in [5.41, 5.74) is 1.58. The quantitative estimate of drug-likeness (QED) is 0.787. The van der Waals surface area contributed by atoms with Crippen LogP contribution in [-0.4, -0.2) is 25.1 Å². The number of hydrogen-bond acceptors (Lipinski definition) is 4. The molecule has 0 radical (unpaired) electrons. The van der Waals surface area contributed by atoms with E-state index in [9.17, 15) is 9.59 Å². The summed E-state index contributed by atoms with van der Waals surface area (Å²) in [4.78, 5) is 23.4. The zero-order valence-corrected chi connectivity index (χ0v) is 14.4. The predicted molar refractivity (Wildman–Crippen MR) is 92.7 cm³/mol. The Morgan fingerprint density at radius 1 is 1.08 bits per heavy atom. The van der Waals surface area contributed by atoms with Gasteiger partial charge in [0.15, 0.2) is 13.2 Å². The number of esters is 1. The van der Waals surface area contributed by atoms with E-state index in [0.717, 1.165) is 5.56 Å². The number of anilines is 1. The van der Waals surface area contributed by atoms with E-state index >= 15 is 0 Å². The molecule has 0 aliphatic heterocycles. The summed E-state index contributed by atoms with van der Waals surface area (Å²) in [5, 5.41) is 3.41. The van der Waals surface area contributed by atoms with Gasteiger partial charge in [0.1, 0.15) is 5.75 Å². The standard InChI is InChI=1S/C17H15Cl2NO4/c1-11-4-2-3-5-14(11)20-16(21)9-24-17(22)10-23-15-7-6-12(18)8-13(15)19/h2-8H,9-10H2,1H3,(H,20,21). The van der Waals surface area contributed by atoms with Crippen molar-refractivity contribution < 1.29 is 19.1 Å². The SMILES string of the molecule is Cc1ccccc1NC(=O)COC(=O)COc1ccc(Cl)cc1Cl. The average molecular weight is 368 g/mol. The minimum atomic E-state index is -0.680. The van der Waals surface area contributed by atoms with Crippen LogP contribution in [0.4, 0.5) is 5.69 Å². The molecule has 0 aliphatic rings. The van der Waals surface area contributed by atoms with Crippen LogP contribution in [0.2, 0.25) is 10.0 Å². The van der Waals surface area contributed by atoms with Crippen LogP contribution >= 0.6 is 23.2 Å². The first-order chi connectivity index (χ1) is 11.5. The normalized spacial score (nSPS) is 10.1. The lowest BCUT2D eigenvalue weighted by Gasteiger charge is -2.10. The highest BCUT2D eigenvalue weighted by Gasteiger charge is 2.11. The maximum atomic E-state index is 11.8. The van der Waals surface area contributed by atoms with E-state index in [1.807, 2.05) is 19.1 Å². The number of carbonyl (C=O) groups excluding carboxylic acids is 2. The van der Waals surface area contributed by atoms with Crippen LogP contribution in [0.5, 0.6) is 5.75 Å². The molecule has 0 spiro atoms. The number of nitrogens with one attached hydrogen (secondary N) is 1. The molecule has 7 heteroatoms. The molecule has 0 saturated carbocycles. The van der Waals surface area contributed by atoms with Gasteiger partial charge < -0.3 is 14.8 Å². The Morgan fingerprint density at radius 3 is 2.54 bits per heavy atom. The van der Waals surface area contributed by atoms with Gasteiger partial charge in [0.2, 0.25) is 0 Å². The zero-order chi connectivity index (χ0) is 17.5. The largest absolute Gasteiger partial charge is 0.480 e. The third-order valence-corrected chi connectivity index (χ3v) is 3.55. The molecule has 0 bridgehead atoms. The molecule has 2 aromatic rings. The second-order valence-electron chi connectivity index (χ2n) is 4.89. The lowest BCUT2D eigenvalue weighted by atomic mass is 10.2. The zero-order valence-electron chi connectivity index (χ0n) is 12.8. The van der Waals surface area contributed by atoms with Crippen LogP contribution in [0.25, 0.3) is 0 Å². The Bertz CT molecular complexity index is 749. The van der Waals surface area contributed by atoms with Gasteiger partial charge in [-0.3, -0.25) is 4.79 Å². The van der Waals surface area contributed by atoms with Gasteiger partial charge in [0.05, 0.1) is 5.02 Å². The second kappa shape index (κ2) is 8.57. The number of para-hydroxylation sites is 1. The van der Waals surface area contributed by atoms with Gasteiger partial charge >= 0.3 is 5.97 Å². The summed E-state index contributed by atoms with van der Waals surface area (Å²) in [6.45, 7) is 1.11. The van der Waals surface area contributed by atoms with Gasteiger partial charge in [-0.25, -0.2) is 4.79 Å². The van der Waals surface area contributed by atoms with Crippen LogP contribution in [0, 0.1) is 6.92 Å². The fourth-order valence-corrected chi connectivity index (χ4v) is 2.28. The summed E-state index contributed by atoms with van der Waals surface area (Å²) in [6, 6.07) is 11.9. The summed E-state index contributed by atoms with van der Waals surface area (Å²) >= 11 is 11.7. The third-order valence-electron chi connectivity index (χ3n) is 3.02. The topological polar surface area (TPSA) is 64.6 Å². The van der Waals surface area contributed by atoms with Gasteiger partial charge in [0.25, 0.3) is 5.91 Å². The predicted octanol–water partition coefficient (Wildman–Crippen LogP) is 3.86. The first-order valence-electron chi connectivity index (χ1n) is 7.04. The van der Waals surface area contributed by atoms with E-state index in [1.165, 1.54) is 6.07 Å². The minimum Gasteiger partial charge on any atom is -0.480 e. The van der Waals surface area contributed by atoms with Crippen molar-refractivity contribution in [2.24, 2.45) is 0 Å². The van der Waals surface area contributed by atoms with Crippen molar-refractivity contribution in [3.8, 4) is 5.75 Å². The molecule has 0 atom stereocenters. The van der Waals surface area contributed by atoms with Crippen molar-refractivity contribution in [2.75, 3.05) is 18.5 Å². The van der Waals surface area contributed by atoms with Gasteiger partial charge in [-0.15, -0.1) is 0 Å². The van der Waals surface area contributed by atoms with Gasteiger partial charge in [-0.05, 0) is 36.8 Å². The second-order valence-corrected chi connectivity index (χ2v) is 5.73. The number of rotatable bonds is 6. The molecule has 0 unspecified atom stereocenters. The summed E-state index contributed by atoms with van der Waals surface area (Å²) in [6.07, 6.45) is 0. The number of amides is 1. The van der Waals surface area contributed by atoms with Crippen molar-refractivity contribution in [3.63, 3.8) is 0 Å². The van der Waals surface area contributed by atoms with Crippen LogP contribution in [0.15, 0.2) is 42.5 Å². The average Bonchev–Trinajstić information content (AvgIpc) is 2.54. The smallest absolute Gasteiger partial charge is 0.344 e. The Hall–Kier alpha value is -2.24. The number of ether oxygens (including phenoxy) is 2. The van der Waals surface area contributed by atoms with Crippen molar-refractivity contribution in [2.45, 2.75) is 6.92 Å². The van der Waals surface area contributed by atoms with E-state index in [-0.39, 0.29) is 11.6 Å². The Labute approximate surface area is 149 Å². The summed E-state index contributed by atoms with van der Waals surface area (Å²) in [5.74, 6) is -0.800. The molecule has 1 amide bonds. The van der Waals surface area contributed by atoms with E-state index in [4.69, 9.17) is 32.7 Å². The van der Waals surface area contributed by atoms with E-state index < -0.39 is 18.5 Å². The van der Waals surface area contributed by atoms with E-state index in [1.54, 1.807) is 24.3 Å². The van der Waals surface area contributed by atoms with E-state index in [0.29, 0.717) is 16.5 Å². The van der Waals surface area contributed by atoms with Crippen LogP contribution < -0.4 is 10.1 Å². The third kappa shape index (κ3) is 5.44.